The fourth-order valence-corrected chi connectivity index (χ4v) is 3.20. The van der Waals surface area contributed by atoms with Crippen LogP contribution in [0.15, 0.2) is 30.5 Å². The molecule has 1 aromatic heterocycles. The van der Waals surface area contributed by atoms with Crippen LogP contribution in [0.1, 0.15) is 12.8 Å². The summed E-state index contributed by atoms with van der Waals surface area (Å²) in [5, 5.41) is 11.7. The van der Waals surface area contributed by atoms with Gasteiger partial charge in [-0.15, -0.1) is 5.10 Å². The van der Waals surface area contributed by atoms with Crippen LogP contribution in [0.2, 0.25) is 0 Å². The fourth-order valence-electron chi connectivity index (χ4n) is 3.20. The van der Waals surface area contributed by atoms with E-state index in [9.17, 15) is 0 Å². The largest absolute Gasteiger partial charge is 0.378 e. The predicted molar refractivity (Wildman–Crippen MR) is 94.0 cm³/mol. The van der Waals surface area contributed by atoms with E-state index >= 15 is 0 Å². The van der Waals surface area contributed by atoms with E-state index in [1.807, 2.05) is 6.07 Å². The van der Waals surface area contributed by atoms with Crippen LogP contribution in [0.4, 0.5) is 23.1 Å². The first-order chi connectivity index (χ1) is 11.9. The normalized spacial score (nSPS) is 18.0. The van der Waals surface area contributed by atoms with Crippen LogP contribution in [-0.4, -0.2) is 54.6 Å². The van der Waals surface area contributed by atoms with E-state index in [-0.39, 0.29) is 0 Å². The van der Waals surface area contributed by atoms with Crippen molar-refractivity contribution in [1.82, 2.24) is 15.2 Å². The first-order valence-corrected chi connectivity index (χ1v) is 8.53. The van der Waals surface area contributed by atoms with Crippen LogP contribution in [0.3, 0.4) is 0 Å². The first kappa shape index (κ1) is 15.1. The van der Waals surface area contributed by atoms with Gasteiger partial charge in [-0.1, -0.05) is 12.1 Å². The van der Waals surface area contributed by atoms with E-state index < -0.39 is 0 Å². The van der Waals surface area contributed by atoms with Gasteiger partial charge in [0, 0.05) is 26.2 Å². The van der Waals surface area contributed by atoms with Crippen LogP contribution in [-0.2, 0) is 4.74 Å². The van der Waals surface area contributed by atoms with Crippen molar-refractivity contribution in [2.75, 3.05) is 54.5 Å². The second-order valence-corrected chi connectivity index (χ2v) is 6.08. The smallest absolute Gasteiger partial charge is 0.247 e. The van der Waals surface area contributed by atoms with Gasteiger partial charge in [-0.05, 0) is 25.0 Å². The summed E-state index contributed by atoms with van der Waals surface area (Å²) < 4.78 is 5.45. The molecule has 2 aliphatic rings. The van der Waals surface area contributed by atoms with Crippen molar-refractivity contribution in [1.29, 1.82) is 0 Å². The van der Waals surface area contributed by atoms with Gasteiger partial charge in [-0.3, -0.25) is 0 Å². The molecule has 7 heteroatoms. The minimum absolute atomic E-state index is 0.710. The van der Waals surface area contributed by atoms with Gasteiger partial charge in [0.25, 0.3) is 0 Å². The van der Waals surface area contributed by atoms with Crippen molar-refractivity contribution >= 4 is 23.1 Å². The van der Waals surface area contributed by atoms with Gasteiger partial charge >= 0.3 is 0 Å². The molecular weight excluding hydrogens is 304 g/mol. The molecule has 0 radical (unpaired) electrons. The number of para-hydroxylation sites is 2. The number of hydrogen-bond donors (Lipinski definition) is 1. The molecule has 0 amide bonds. The zero-order chi connectivity index (χ0) is 16.2. The topological polar surface area (TPSA) is 66.4 Å². The van der Waals surface area contributed by atoms with Crippen LogP contribution in [0.5, 0.6) is 0 Å². The Hall–Kier alpha value is -2.41. The monoisotopic (exact) mass is 326 g/mol. The SMILES string of the molecule is c1ccc(N2CCOCC2)c(Nc2cnnc(N3CCCC3)n2)c1. The maximum atomic E-state index is 5.45. The third kappa shape index (κ3) is 3.26. The highest BCUT2D eigenvalue weighted by atomic mass is 16.5. The fraction of sp³-hybridized carbons (Fsp3) is 0.471. The number of nitrogens with one attached hydrogen (secondary N) is 1. The lowest BCUT2D eigenvalue weighted by Crippen LogP contribution is -2.36. The van der Waals surface area contributed by atoms with Gasteiger partial charge < -0.3 is 19.9 Å². The summed E-state index contributed by atoms with van der Waals surface area (Å²) in [6.45, 7) is 5.36. The second-order valence-electron chi connectivity index (χ2n) is 6.08. The Morgan fingerprint density at radius 1 is 0.958 bits per heavy atom. The Morgan fingerprint density at radius 3 is 2.58 bits per heavy atom. The van der Waals surface area contributed by atoms with Gasteiger partial charge in [0.05, 0.1) is 30.8 Å². The average molecular weight is 326 g/mol. The number of morpholine rings is 1. The third-order valence-electron chi connectivity index (χ3n) is 4.46. The Labute approximate surface area is 141 Å². The van der Waals surface area contributed by atoms with Gasteiger partial charge in [-0.25, -0.2) is 0 Å². The van der Waals surface area contributed by atoms with Crippen molar-refractivity contribution in [2.24, 2.45) is 0 Å². The molecule has 0 atom stereocenters. The molecule has 2 aliphatic heterocycles. The van der Waals surface area contributed by atoms with Gasteiger partial charge in [0.2, 0.25) is 5.95 Å². The van der Waals surface area contributed by atoms with E-state index in [4.69, 9.17) is 4.74 Å². The minimum Gasteiger partial charge on any atom is -0.378 e. The van der Waals surface area contributed by atoms with Crippen LogP contribution in [0, 0.1) is 0 Å². The molecule has 3 heterocycles. The van der Waals surface area contributed by atoms with E-state index in [1.54, 1.807) is 6.20 Å². The van der Waals surface area contributed by atoms with Crippen LogP contribution < -0.4 is 15.1 Å². The molecule has 0 unspecified atom stereocenters. The van der Waals surface area contributed by atoms with E-state index in [0.717, 1.165) is 50.9 Å². The lowest BCUT2D eigenvalue weighted by Gasteiger charge is -2.30. The average Bonchev–Trinajstić information content (AvgIpc) is 3.18. The second kappa shape index (κ2) is 7.00. The van der Waals surface area contributed by atoms with Crippen molar-refractivity contribution in [3.8, 4) is 0 Å². The summed E-state index contributed by atoms with van der Waals surface area (Å²) >= 11 is 0. The maximum Gasteiger partial charge on any atom is 0.247 e. The standard InChI is InChI=1S/C17H22N6O/c1-2-6-15(22-9-11-24-12-10-22)14(5-1)19-16-13-18-21-17(20-16)23-7-3-4-8-23/h1-2,5-6,13H,3-4,7-12H2,(H,19,20,21). The number of rotatable bonds is 4. The highest BCUT2D eigenvalue weighted by Crippen LogP contribution is 2.29. The first-order valence-electron chi connectivity index (χ1n) is 8.53. The van der Waals surface area contributed by atoms with E-state index in [1.165, 1.54) is 18.5 Å². The molecule has 0 aliphatic carbocycles. The Balaban J connectivity index is 1.56. The minimum atomic E-state index is 0.710. The molecule has 2 aromatic rings. The number of hydrogen-bond acceptors (Lipinski definition) is 7. The van der Waals surface area contributed by atoms with Crippen molar-refractivity contribution in [2.45, 2.75) is 12.8 Å². The summed E-state index contributed by atoms with van der Waals surface area (Å²) in [6.07, 6.45) is 4.07. The van der Waals surface area contributed by atoms with Gasteiger partial charge in [0.1, 0.15) is 0 Å². The number of benzene rings is 1. The molecule has 2 fully saturated rings. The maximum absolute atomic E-state index is 5.45. The molecule has 1 N–H and O–H groups in total. The molecule has 4 rings (SSSR count). The van der Waals surface area contributed by atoms with Crippen molar-refractivity contribution in [3.05, 3.63) is 30.5 Å². The zero-order valence-corrected chi connectivity index (χ0v) is 13.7. The number of nitrogens with zero attached hydrogens (tertiary/aromatic N) is 5. The van der Waals surface area contributed by atoms with Gasteiger partial charge in [0.15, 0.2) is 5.82 Å². The quantitative estimate of drug-likeness (QED) is 0.922. The highest BCUT2D eigenvalue weighted by molar-refractivity contribution is 5.74. The van der Waals surface area contributed by atoms with Crippen LogP contribution >= 0.6 is 0 Å². The molecule has 0 spiro atoms. The van der Waals surface area contributed by atoms with Crippen molar-refractivity contribution < 1.29 is 4.74 Å². The molecule has 0 saturated carbocycles. The molecule has 2 saturated heterocycles. The Morgan fingerprint density at radius 2 is 1.75 bits per heavy atom. The lowest BCUT2D eigenvalue weighted by atomic mass is 10.2. The highest BCUT2D eigenvalue weighted by Gasteiger charge is 2.17. The zero-order valence-electron chi connectivity index (χ0n) is 13.7. The number of ether oxygens (including phenoxy) is 1. The molecule has 0 bridgehead atoms. The van der Waals surface area contributed by atoms with E-state index in [2.05, 4.69) is 48.5 Å². The predicted octanol–water partition coefficient (Wildman–Crippen LogP) is 2.05. The van der Waals surface area contributed by atoms with Crippen molar-refractivity contribution in [3.63, 3.8) is 0 Å². The molecule has 7 nitrogen and oxygen atoms in total. The van der Waals surface area contributed by atoms with E-state index in [0.29, 0.717) is 5.95 Å². The molecule has 126 valence electrons. The summed E-state index contributed by atoms with van der Waals surface area (Å²) in [7, 11) is 0. The number of anilines is 4. The van der Waals surface area contributed by atoms with Gasteiger partial charge in [-0.2, -0.15) is 10.1 Å². The summed E-state index contributed by atoms with van der Waals surface area (Å²) in [5.74, 6) is 1.44. The summed E-state index contributed by atoms with van der Waals surface area (Å²) in [5.41, 5.74) is 2.20. The molecular formula is C17H22N6O. The lowest BCUT2D eigenvalue weighted by molar-refractivity contribution is 0.123. The Bertz CT molecular complexity index is 682. The summed E-state index contributed by atoms with van der Waals surface area (Å²) in [4.78, 5) is 9.16. The van der Waals surface area contributed by atoms with Crippen LogP contribution in [0.25, 0.3) is 0 Å². The molecule has 1 aromatic carbocycles. The summed E-state index contributed by atoms with van der Waals surface area (Å²) in [6, 6.07) is 8.29. The third-order valence-corrected chi connectivity index (χ3v) is 4.46. The Kier molecular flexibility index (Phi) is 4.42. The number of aromatic nitrogens is 3. The molecule has 24 heavy (non-hydrogen) atoms.